The molecule has 0 spiro atoms. The molecule has 1 aliphatic carbocycles. The van der Waals surface area contributed by atoms with Crippen molar-refractivity contribution in [1.82, 2.24) is 10.6 Å². The van der Waals surface area contributed by atoms with Gasteiger partial charge in [0, 0.05) is 36.3 Å². The van der Waals surface area contributed by atoms with E-state index in [1.807, 2.05) is 18.4 Å². The van der Waals surface area contributed by atoms with Crippen LogP contribution in [0.15, 0.2) is 46.8 Å². The highest BCUT2D eigenvalue weighted by Crippen LogP contribution is 2.34. The normalized spacial score (nSPS) is 16.6. The van der Waals surface area contributed by atoms with E-state index in [1.54, 1.807) is 0 Å². The van der Waals surface area contributed by atoms with E-state index in [4.69, 9.17) is 0 Å². The Hall–Kier alpha value is -1.08. The number of nitrogens with one attached hydrogen (secondary N) is 2. The molecule has 3 nitrogen and oxygen atoms in total. The molecule has 0 saturated carbocycles. The van der Waals surface area contributed by atoms with Crippen LogP contribution in [0.1, 0.15) is 35.8 Å². The summed E-state index contributed by atoms with van der Waals surface area (Å²) in [5.41, 5.74) is 3.07. The van der Waals surface area contributed by atoms with Crippen molar-refractivity contribution >= 4 is 41.3 Å². The molecule has 2 aromatic rings. The number of hydrogen-bond donors (Lipinski definition) is 2. The molecule has 1 heterocycles. The van der Waals surface area contributed by atoms with Gasteiger partial charge in [0.05, 0.1) is 0 Å². The van der Waals surface area contributed by atoms with Crippen molar-refractivity contribution < 1.29 is 0 Å². The van der Waals surface area contributed by atoms with Crippen LogP contribution in [0.25, 0.3) is 0 Å². The number of nitrogens with zero attached hydrogens (tertiary/aromatic N) is 1. The zero-order valence-corrected chi connectivity index (χ0v) is 17.7. The molecule has 1 aromatic carbocycles. The second-order valence-corrected chi connectivity index (χ2v) is 7.72. The third-order valence-electron chi connectivity index (χ3n) is 4.59. The molecule has 0 amide bonds. The highest BCUT2D eigenvalue weighted by atomic mass is 127. The van der Waals surface area contributed by atoms with E-state index >= 15 is 0 Å². The summed E-state index contributed by atoms with van der Waals surface area (Å²) in [6.07, 6.45) is 1.17. The topological polar surface area (TPSA) is 36.4 Å². The maximum atomic E-state index is 4.36. The third-order valence-corrected chi connectivity index (χ3v) is 5.82. The number of rotatable bonds is 5. The Balaban J connectivity index is 0.00000208. The van der Waals surface area contributed by atoms with Gasteiger partial charge in [-0.25, -0.2) is 0 Å². The summed E-state index contributed by atoms with van der Waals surface area (Å²) >= 11 is 1.81. The summed E-state index contributed by atoms with van der Waals surface area (Å²) in [6.45, 7) is 6.34. The number of fused-ring (bicyclic) bond motifs is 1. The third kappa shape index (κ3) is 4.30. The Morgan fingerprint density at radius 2 is 2.00 bits per heavy atom. The Bertz CT molecular complexity index is 680. The van der Waals surface area contributed by atoms with Crippen molar-refractivity contribution in [1.29, 1.82) is 0 Å². The van der Waals surface area contributed by atoms with Crippen LogP contribution < -0.4 is 10.6 Å². The lowest BCUT2D eigenvalue weighted by molar-refractivity contribution is 0.514. The van der Waals surface area contributed by atoms with E-state index in [0.717, 1.165) is 19.0 Å². The van der Waals surface area contributed by atoms with Crippen molar-refractivity contribution in [2.24, 2.45) is 4.99 Å². The quantitative estimate of drug-likeness (QED) is 0.404. The summed E-state index contributed by atoms with van der Waals surface area (Å²) in [5.74, 6) is 1.49. The molecule has 130 valence electrons. The first kappa shape index (κ1) is 19.2. The lowest BCUT2D eigenvalue weighted by atomic mass is 9.78. The smallest absolute Gasteiger partial charge is 0.191 e. The number of hydrogen-bond acceptors (Lipinski definition) is 2. The molecule has 0 aliphatic heterocycles. The number of guanidine groups is 1. The second kappa shape index (κ2) is 8.34. The summed E-state index contributed by atoms with van der Waals surface area (Å²) in [5, 5.41) is 9.08. The molecule has 5 heteroatoms. The van der Waals surface area contributed by atoms with E-state index in [0.29, 0.717) is 5.92 Å². The van der Waals surface area contributed by atoms with E-state index < -0.39 is 0 Å². The second-order valence-electron chi connectivity index (χ2n) is 6.77. The van der Waals surface area contributed by atoms with Gasteiger partial charge in [-0.05, 0) is 29.0 Å². The lowest BCUT2D eigenvalue weighted by Crippen LogP contribution is -2.45. The minimum atomic E-state index is 0. The summed E-state index contributed by atoms with van der Waals surface area (Å²) < 4.78 is 0. The van der Waals surface area contributed by atoms with Gasteiger partial charge in [-0.1, -0.05) is 44.2 Å². The van der Waals surface area contributed by atoms with Crippen LogP contribution in [0.5, 0.6) is 0 Å². The minimum absolute atomic E-state index is 0. The van der Waals surface area contributed by atoms with Gasteiger partial charge in [0.15, 0.2) is 5.96 Å². The fourth-order valence-electron chi connectivity index (χ4n) is 3.04. The predicted octanol–water partition coefficient (Wildman–Crippen LogP) is 4.15. The van der Waals surface area contributed by atoms with Crippen molar-refractivity contribution in [2.75, 3.05) is 20.1 Å². The van der Waals surface area contributed by atoms with Crippen molar-refractivity contribution in [3.8, 4) is 0 Å². The van der Waals surface area contributed by atoms with Crippen LogP contribution in [0, 0.1) is 0 Å². The highest BCUT2D eigenvalue weighted by molar-refractivity contribution is 14.0. The molecule has 1 aromatic heterocycles. The Morgan fingerprint density at radius 1 is 1.21 bits per heavy atom. The molecule has 0 radical (unpaired) electrons. The van der Waals surface area contributed by atoms with Crippen molar-refractivity contribution in [3.05, 3.63) is 57.8 Å². The van der Waals surface area contributed by atoms with Gasteiger partial charge in [-0.2, -0.15) is 0 Å². The van der Waals surface area contributed by atoms with Gasteiger partial charge < -0.3 is 10.6 Å². The van der Waals surface area contributed by atoms with E-state index in [-0.39, 0.29) is 29.4 Å². The first-order valence-corrected chi connectivity index (χ1v) is 9.04. The fourth-order valence-corrected chi connectivity index (χ4v) is 3.89. The largest absolute Gasteiger partial charge is 0.356 e. The molecule has 0 fully saturated rings. The van der Waals surface area contributed by atoms with Gasteiger partial charge in [0.25, 0.3) is 0 Å². The van der Waals surface area contributed by atoms with Gasteiger partial charge in [0.1, 0.15) is 0 Å². The summed E-state index contributed by atoms with van der Waals surface area (Å²) in [6, 6.07) is 13.0. The average Bonchev–Trinajstić information content (AvgIpc) is 3.06. The van der Waals surface area contributed by atoms with Crippen LogP contribution in [-0.4, -0.2) is 26.1 Å². The highest BCUT2D eigenvalue weighted by Gasteiger charge is 2.26. The van der Waals surface area contributed by atoms with Gasteiger partial charge in [0.2, 0.25) is 0 Å². The van der Waals surface area contributed by atoms with E-state index in [2.05, 4.69) is 71.3 Å². The van der Waals surface area contributed by atoms with Crippen molar-refractivity contribution in [3.63, 3.8) is 0 Å². The Kier molecular flexibility index (Phi) is 6.69. The Morgan fingerprint density at radius 3 is 2.67 bits per heavy atom. The maximum absolute atomic E-state index is 4.36. The zero-order chi connectivity index (χ0) is 16.3. The molecule has 1 aliphatic rings. The summed E-state index contributed by atoms with van der Waals surface area (Å²) in [7, 11) is 1.84. The van der Waals surface area contributed by atoms with E-state index in [9.17, 15) is 0 Å². The van der Waals surface area contributed by atoms with Crippen LogP contribution in [-0.2, 0) is 11.8 Å². The molecule has 1 atom stereocenters. The molecule has 0 bridgehead atoms. The van der Waals surface area contributed by atoms with Crippen molar-refractivity contribution in [2.45, 2.75) is 31.6 Å². The van der Waals surface area contributed by atoms with Crippen LogP contribution in [0.3, 0.4) is 0 Å². The first-order valence-electron chi connectivity index (χ1n) is 8.16. The van der Waals surface area contributed by atoms with Crippen LogP contribution in [0.4, 0.5) is 0 Å². The number of halogens is 1. The number of benzene rings is 1. The fraction of sp³-hybridized carbons (Fsp3) is 0.421. The molecule has 2 N–H and O–H groups in total. The first-order chi connectivity index (χ1) is 11.1. The zero-order valence-electron chi connectivity index (χ0n) is 14.5. The number of thiophene rings is 1. The molecular weight excluding hydrogens is 429 g/mol. The maximum Gasteiger partial charge on any atom is 0.191 e. The molecule has 24 heavy (non-hydrogen) atoms. The predicted molar refractivity (Wildman–Crippen MR) is 115 cm³/mol. The standard InChI is InChI=1S/C19H25N3S.HI/c1-19(2,17-9-6-10-23-17)13-22-18(20-3)21-12-15-11-14-7-4-5-8-16(14)15;/h4-10,15H,11-13H2,1-3H3,(H2,20,21,22);1H. The van der Waals surface area contributed by atoms with Gasteiger partial charge in [-0.3, -0.25) is 4.99 Å². The minimum Gasteiger partial charge on any atom is -0.356 e. The van der Waals surface area contributed by atoms with Gasteiger partial charge >= 0.3 is 0 Å². The van der Waals surface area contributed by atoms with Crippen LogP contribution >= 0.6 is 35.3 Å². The lowest BCUT2D eigenvalue weighted by Gasteiger charge is -2.31. The average molecular weight is 455 g/mol. The van der Waals surface area contributed by atoms with E-state index in [1.165, 1.54) is 22.4 Å². The van der Waals surface area contributed by atoms with Crippen LogP contribution in [0.2, 0.25) is 0 Å². The number of aliphatic imine (C=N–C) groups is 1. The monoisotopic (exact) mass is 455 g/mol. The SMILES string of the molecule is CN=C(NCC1Cc2ccccc21)NCC(C)(C)c1cccs1.I. The molecule has 0 saturated heterocycles. The molecular formula is C19H26IN3S. The summed E-state index contributed by atoms with van der Waals surface area (Å²) in [4.78, 5) is 5.75. The van der Waals surface area contributed by atoms with Gasteiger partial charge in [-0.15, -0.1) is 35.3 Å². The molecule has 3 rings (SSSR count). The molecule has 1 unspecified atom stereocenters. The Labute approximate surface area is 166 Å².